The molecule has 1 heteroatoms. The third-order valence-electron chi connectivity index (χ3n) is 5.24. The Kier molecular flexibility index (Phi) is 3.14. The third kappa shape index (κ3) is 2.16. The van der Waals surface area contributed by atoms with Crippen LogP contribution in [0, 0.1) is 0 Å². The Labute approximate surface area is 148 Å². The summed E-state index contributed by atoms with van der Waals surface area (Å²) in [4.78, 5) is 0. The van der Waals surface area contributed by atoms with E-state index in [4.69, 9.17) is 0 Å². The van der Waals surface area contributed by atoms with Crippen LogP contribution >= 0.6 is 0 Å². The first-order chi connectivity index (χ1) is 12.3. The van der Waals surface area contributed by atoms with E-state index in [9.17, 15) is 0 Å². The fraction of sp³-hybridized carbons (Fsp3) is 0. The van der Waals surface area contributed by atoms with E-state index in [0.717, 1.165) is 0 Å². The maximum atomic E-state index is 2.32. The number of rotatable bonds is 1. The Balaban J connectivity index is 1.97. The Bertz CT molecular complexity index is 1190. The lowest BCUT2D eigenvalue weighted by Gasteiger charge is -2.15. The van der Waals surface area contributed by atoms with Crippen molar-refractivity contribution in [3.63, 3.8) is 0 Å². The van der Waals surface area contributed by atoms with Gasteiger partial charge in [-0.3, -0.25) is 0 Å². The van der Waals surface area contributed by atoms with E-state index in [1.54, 1.807) is 0 Å². The summed E-state index contributed by atoms with van der Waals surface area (Å²) in [5.41, 5.74) is 3.98. The Morgan fingerprint density at radius 2 is 1.00 bits per heavy atom. The Morgan fingerprint density at radius 3 is 1.64 bits per heavy atom. The number of hydrogen-bond acceptors (Lipinski definition) is 0. The summed E-state index contributed by atoms with van der Waals surface area (Å²) in [5.74, 6) is 0. The zero-order chi connectivity index (χ0) is 16.8. The van der Waals surface area contributed by atoms with E-state index in [1.165, 1.54) is 48.9 Å². The first kappa shape index (κ1) is 14.3. The largest absolute Gasteiger partial charge is 0.140 e. The van der Waals surface area contributed by atoms with E-state index in [0.29, 0.717) is 0 Å². The molecule has 0 heterocycles. The van der Waals surface area contributed by atoms with Gasteiger partial charge in [0.05, 0.1) is 0 Å². The van der Waals surface area contributed by atoms with Crippen LogP contribution in [0.4, 0.5) is 0 Å². The van der Waals surface area contributed by atoms with Gasteiger partial charge in [-0.05, 0) is 49.5 Å². The van der Waals surface area contributed by atoms with Crippen molar-refractivity contribution in [2.24, 2.45) is 0 Å². The maximum Gasteiger partial charge on any atom is 0.140 e. The summed E-state index contributed by atoms with van der Waals surface area (Å²) in [6.07, 6.45) is 0. The van der Waals surface area contributed by atoms with Crippen molar-refractivity contribution < 1.29 is 0 Å². The van der Waals surface area contributed by atoms with Gasteiger partial charge in [0, 0.05) is 0 Å². The summed E-state index contributed by atoms with van der Waals surface area (Å²) in [7, 11) is 2.23. The molecule has 0 amide bonds. The molecule has 5 aromatic carbocycles. The highest BCUT2D eigenvalue weighted by Gasteiger charge is 2.12. The fourth-order valence-corrected chi connectivity index (χ4v) is 4.00. The van der Waals surface area contributed by atoms with Crippen LogP contribution in [-0.4, -0.2) is 7.85 Å². The van der Waals surface area contributed by atoms with E-state index < -0.39 is 0 Å². The molecule has 0 aliphatic heterocycles. The molecule has 0 spiro atoms. The second-order valence-corrected chi connectivity index (χ2v) is 6.65. The minimum atomic E-state index is 1.28. The van der Waals surface area contributed by atoms with E-state index in [-0.39, 0.29) is 0 Å². The Morgan fingerprint density at radius 1 is 0.480 bits per heavy atom. The van der Waals surface area contributed by atoms with E-state index in [2.05, 4.69) is 98.8 Å². The highest BCUT2D eigenvalue weighted by Crippen LogP contribution is 2.36. The lowest BCUT2D eigenvalue weighted by molar-refractivity contribution is 1.71. The van der Waals surface area contributed by atoms with Crippen molar-refractivity contribution in [3.8, 4) is 11.1 Å². The third-order valence-corrected chi connectivity index (χ3v) is 5.24. The zero-order valence-corrected chi connectivity index (χ0v) is 14.2. The molecule has 116 valence electrons. The van der Waals surface area contributed by atoms with Crippen LogP contribution in [0.25, 0.3) is 43.4 Å². The van der Waals surface area contributed by atoms with Crippen molar-refractivity contribution in [2.75, 3.05) is 0 Å². The normalized spacial score (nSPS) is 11.4. The average Bonchev–Trinajstić information content (AvgIpc) is 2.68. The molecule has 0 saturated heterocycles. The zero-order valence-electron chi connectivity index (χ0n) is 14.2. The summed E-state index contributed by atoms with van der Waals surface area (Å²) in [6.45, 7) is 0. The molecule has 0 N–H and O–H groups in total. The Hall–Kier alpha value is -3.06. The van der Waals surface area contributed by atoms with Crippen LogP contribution < -0.4 is 5.46 Å². The van der Waals surface area contributed by atoms with Gasteiger partial charge in [0.1, 0.15) is 7.85 Å². The van der Waals surface area contributed by atoms with Crippen molar-refractivity contribution in [1.82, 2.24) is 0 Å². The maximum absolute atomic E-state index is 2.32. The smallest absolute Gasteiger partial charge is 0.0735 e. The van der Waals surface area contributed by atoms with Crippen molar-refractivity contribution >= 4 is 45.6 Å². The molecule has 25 heavy (non-hydrogen) atoms. The van der Waals surface area contributed by atoms with Gasteiger partial charge in [0.15, 0.2) is 0 Å². The molecular formula is C24H17B. The van der Waals surface area contributed by atoms with Crippen LogP contribution in [0.5, 0.6) is 0 Å². The quantitative estimate of drug-likeness (QED) is 0.299. The van der Waals surface area contributed by atoms with Gasteiger partial charge in [0.25, 0.3) is 0 Å². The molecule has 5 rings (SSSR count). The first-order valence-corrected chi connectivity index (χ1v) is 8.72. The standard InChI is InChI=1S/C24H17B/c25-24-21-11-5-3-9-19(21)23(20-10-4-6-12-22(20)24)18-14-13-16-7-1-2-8-17(16)15-18/h1-15H,25H2. The lowest BCUT2D eigenvalue weighted by atomic mass is 9.81. The minimum absolute atomic E-state index is 1.28. The van der Waals surface area contributed by atoms with Crippen LogP contribution in [0.1, 0.15) is 0 Å². The molecule has 0 saturated carbocycles. The van der Waals surface area contributed by atoms with Crippen molar-refractivity contribution in [3.05, 3.63) is 91.0 Å². The SMILES string of the molecule is Bc1c2ccccc2c(-c2ccc3ccccc3c2)c2ccccc12. The van der Waals surface area contributed by atoms with Gasteiger partial charge >= 0.3 is 0 Å². The summed E-state index contributed by atoms with van der Waals surface area (Å²) >= 11 is 0. The minimum Gasteiger partial charge on any atom is -0.0735 e. The monoisotopic (exact) mass is 316 g/mol. The number of benzene rings is 5. The van der Waals surface area contributed by atoms with Crippen molar-refractivity contribution in [1.29, 1.82) is 0 Å². The van der Waals surface area contributed by atoms with Gasteiger partial charge in [-0.25, -0.2) is 0 Å². The number of hydrogen-bond donors (Lipinski definition) is 0. The number of fused-ring (bicyclic) bond motifs is 3. The van der Waals surface area contributed by atoms with Crippen LogP contribution in [-0.2, 0) is 0 Å². The highest BCUT2D eigenvalue weighted by molar-refractivity contribution is 6.46. The predicted molar refractivity (Wildman–Crippen MR) is 113 cm³/mol. The van der Waals surface area contributed by atoms with Crippen LogP contribution in [0.3, 0.4) is 0 Å². The molecule has 0 atom stereocenters. The molecule has 0 aliphatic rings. The molecular weight excluding hydrogens is 299 g/mol. The molecule has 0 fully saturated rings. The molecule has 0 bridgehead atoms. The highest BCUT2D eigenvalue weighted by atomic mass is 14.1. The van der Waals surface area contributed by atoms with Crippen LogP contribution in [0.15, 0.2) is 91.0 Å². The van der Waals surface area contributed by atoms with E-state index >= 15 is 0 Å². The molecule has 0 aliphatic carbocycles. The second-order valence-electron chi connectivity index (χ2n) is 6.65. The first-order valence-electron chi connectivity index (χ1n) is 8.72. The topological polar surface area (TPSA) is 0 Å². The summed E-state index contributed by atoms with van der Waals surface area (Å²) in [6, 6.07) is 32.9. The average molecular weight is 316 g/mol. The van der Waals surface area contributed by atoms with Gasteiger partial charge < -0.3 is 0 Å². The van der Waals surface area contributed by atoms with Crippen molar-refractivity contribution in [2.45, 2.75) is 0 Å². The molecule has 0 aromatic heterocycles. The lowest BCUT2D eigenvalue weighted by Crippen LogP contribution is -2.07. The molecule has 0 radical (unpaired) electrons. The van der Waals surface area contributed by atoms with Gasteiger partial charge in [-0.1, -0.05) is 90.4 Å². The van der Waals surface area contributed by atoms with Crippen LogP contribution in [0.2, 0.25) is 0 Å². The molecule has 0 unspecified atom stereocenters. The van der Waals surface area contributed by atoms with Gasteiger partial charge in [-0.15, -0.1) is 0 Å². The fourth-order valence-electron chi connectivity index (χ4n) is 4.00. The van der Waals surface area contributed by atoms with Gasteiger partial charge in [0.2, 0.25) is 0 Å². The predicted octanol–water partition coefficient (Wildman–Crippen LogP) is 5.07. The van der Waals surface area contributed by atoms with E-state index in [1.807, 2.05) is 0 Å². The summed E-state index contributed by atoms with van der Waals surface area (Å²) in [5, 5.41) is 7.90. The summed E-state index contributed by atoms with van der Waals surface area (Å²) < 4.78 is 0. The molecule has 5 aromatic rings. The van der Waals surface area contributed by atoms with Gasteiger partial charge in [-0.2, -0.15) is 0 Å². The second kappa shape index (κ2) is 5.49. The molecule has 0 nitrogen and oxygen atoms in total.